The van der Waals surface area contributed by atoms with Crippen molar-refractivity contribution < 1.29 is 9.53 Å². The summed E-state index contributed by atoms with van der Waals surface area (Å²) in [4.78, 5) is 28.3. The molecule has 35 heavy (non-hydrogen) atoms. The van der Waals surface area contributed by atoms with Crippen molar-refractivity contribution >= 4 is 22.6 Å². The Kier molecular flexibility index (Phi) is 6.73. The molecular weight excluding hydrogens is 442 g/mol. The number of likely N-dealkylation sites (tertiary alicyclic amines) is 1. The molecule has 0 bridgehead atoms. The fraction of sp³-hybridized carbons (Fsp3) is 0.423. The molecule has 2 saturated heterocycles. The topological polar surface area (TPSA) is 116 Å². The number of piperidine rings is 2. The molecular formula is C26H29N7O2. The van der Waals surface area contributed by atoms with Crippen molar-refractivity contribution in [3.8, 4) is 23.1 Å². The van der Waals surface area contributed by atoms with Crippen LogP contribution in [0.15, 0.2) is 36.8 Å². The first-order valence-corrected chi connectivity index (χ1v) is 12.1. The van der Waals surface area contributed by atoms with Crippen molar-refractivity contribution in [2.75, 3.05) is 38.6 Å². The standard InChI is InChI=1S/C26H29N7O2/c1-35-25-19(13-27)11-20(14-29-25)18-4-5-23-22(12-18)24(31-16-30-23)32-21-3-2-10-33(15-21)26(34)17-6-8-28-9-7-17/h4-5,11-12,14,16-17,21,28H,2-3,6-10,15H2,1H3,(H,30,31,32)/t21-/m0/s1. The van der Waals surface area contributed by atoms with Crippen molar-refractivity contribution in [1.29, 1.82) is 5.26 Å². The lowest BCUT2D eigenvalue weighted by Crippen LogP contribution is -2.48. The van der Waals surface area contributed by atoms with Gasteiger partial charge in [-0.2, -0.15) is 5.26 Å². The Morgan fingerprint density at radius 2 is 2.03 bits per heavy atom. The van der Waals surface area contributed by atoms with Gasteiger partial charge in [0.25, 0.3) is 0 Å². The Hall–Kier alpha value is -3.77. The summed E-state index contributed by atoms with van der Waals surface area (Å²) in [6, 6.07) is 9.96. The second kappa shape index (κ2) is 10.2. The zero-order valence-corrected chi connectivity index (χ0v) is 19.8. The summed E-state index contributed by atoms with van der Waals surface area (Å²) in [6.07, 6.45) is 7.05. The number of hydrogen-bond donors (Lipinski definition) is 2. The zero-order chi connectivity index (χ0) is 24.2. The van der Waals surface area contributed by atoms with E-state index in [0.717, 1.165) is 73.2 Å². The van der Waals surface area contributed by atoms with E-state index < -0.39 is 0 Å². The van der Waals surface area contributed by atoms with Crippen LogP contribution < -0.4 is 15.4 Å². The van der Waals surface area contributed by atoms with Crippen molar-refractivity contribution in [2.45, 2.75) is 31.7 Å². The third-order valence-corrected chi connectivity index (χ3v) is 6.90. The molecule has 2 aromatic heterocycles. The average Bonchev–Trinajstić information content (AvgIpc) is 2.93. The molecule has 180 valence electrons. The number of nitrogens with one attached hydrogen (secondary N) is 2. The number of nitrogens with zero attached hydrogens (tertiary/aromatic N) is 5. The second-order valence-electron chi connectivity index (χ2n) is 9.14. The monoisotopic (exact) mass is 471 g/mol. The zero-order valence-electron chi connectivity index (χ0n) is 19.8. The van der Waals surface area contributed by atoms with Crippen molar-refractivity contribution in [2.24, 2.45) is 5.92 Å². The highest BCUT2D eigenvalue weighted by atomic mass is 16.5. The Balaban J connectivity index is 1.38. The summed E-state index contributed by atoms with van der Waals surface area (Å²) in [5.41, 5.74) is 2.93. The van der Waals surface area contributed by atoms with Gasteiger partial charge in [0, 0.05) is 42.2 Å². The molecule has 2 fully saturated rings. The summed E-state index contributed by atoms with van der Waals surface area (Å²) >= 11 is 0. The van der Waals surface area contributed by atoms with Crippen LogP contribution in [0.25, 0.3) is 22.0 Å². The number of carbonyl (C=O) groups excluding carboxylic acids is 1. The molecule has 3 aromatic rings. The van der Waals surface area contributed by atoms with Crippen molar-refractivity contribution in [3.05, 3.63) is 42.4 Å². The Bertz CT molecular complexity index is 1270. The number of pyridine rings is 1. The Morgan fingerprint density at radius 1 is 1.17 bits per heavy atom. The minimum atomic E-state index is 0.129. The summed E-state index contributed by atoms with van der Waals surface area (Å²) in [7, 11) is 1.50. The lowest BCUT2D eigenvalue weighted by atomic mass is 9.95. The van der Waals surface area contributed by atoms with Gasteiger partial charge in [0.1, 0.15) is 23.8 Å². The Labute approximate surface area is 204 Å². The number of hydrogen-bond acceptors (Lipinski definition) is 8. The highest BCUT2D eigenvalue weighted by molar-refractivity contribution is 5.92. The fourth-order valence-corrected chi connectivity index (χ4v) is 5.02. The number of benzene rings is 1. The van der Waals surface area contributed by atoms with E-state index in [1.54, 1.807) is 18.6 Å². The molecule has 0 aliphatic carbocycles. The highest BCUT2D eigenvalue weighted by Crippen LogP contribution is 2.30. The molecule has 1 atom stereocenters. The van der Waals surface area contributed by atoms with Gasteiger partial charge >= 0.3 is 0 Å². The number of amides is 1. The van der Waals surface area contributed by atoms with Crippen LogP contribution in [0.2, 0.25) is 0 Å². The number of fused-ring (bicyclic) bond motifs is 1. The molecule has 0 spiro atoms. The first-order valence-electron chi connectivity index (χ1n) is 12.1. The molecule has 9 heteroatoms. The summed E-state index contributed by atoms with van der Waals surface area (Å²) in [5, 5.41) is 17.2. The van der Waals surface area contributed by atoms with E-state index in [0.29, 0.717) is 18.0 Å². The predicted molar refractivity (Wildman–Crippen MR) is 133 cm³/mol. The molecule has 1 aromatic carbocycles. The van der Waals surface area contributed by atoms with Crippen molar-refractivity contribution in [3.63, 3.8) is 0 Å². The van der Waals surface area contributed by atoms with E-state index in [-0.39, 0.29) is 17.9 Å². The number of nitriles is 1. The number of ether oxygens (including phenoxy) is 1. The van der Waals surface area contributed by atoms with E-state index in [1.807, 2.05) is 23.1 Å². The molecule has 2 N–H and O–H groups in total. The predicted octanol–water partition coefficient (Wildman–Crippen LogP) is 2.97. The quantitative estimate of drug-likeness (QED) is 0.583. The average molecular weight is 472 g/mol. The number of carbonyl (C=O) groups is 1. The maximum atomic E-state index is 13.1. The number of methoxy groups -OCH3 is 1. The molecule has 2 aliphatic heterocycles. The lowest BCUT2D eigenvalue weighted by molar-refractivity contribution is -0.137. The van der Waals surface area contributed by atoms with Crippen LogP contribution in [-0.2, 0) is 4.79 Å². The number of anilines is 1. The molecule has 1 amide bonds. The van der Waals surface area contributed by atoms with Crippen LogP contribution >= 0.6 is 0 Å². The first-order chi connectivity index (χ1) is 17.2. The van der Waals surface area contributed by atoms with E-state index in [4.69, 9.17) is 4.74 Å². The van der Waals surface area contributed by atoms with E-state index >= 15 is 0 Å². The minimum absolute atomic E-state index is 0.129. The molecule has 0 radical (unpaired) electrons. The van der Waals surface area contributed by atoms with Crippen LogP contribution in [0.1, 0.15) is 31.2 Å². The van der Waals surface area contributed by atoms with Crippen LogP contribution in [0.5, 0.6) is 5.88 Å². The molecule has 4 heterocycles. The van der Waals surface area contributed by atoms with E-state index in [9.17, 15) is 10.1 Å². The van der Waals surface area contributed by atoms with Gasteiger partial charge in [-0.05, 0) is 62.5 Å². The normalized spacial score (nSPS) is 18.7. The Morgan fingerprint density at radius 3 is 2.83 bits per heavy atom. The van der Waals surface area contributed by atoms with Crippen molar-refractivity contribution in [1.82, 2.24) is 25.2 Å². The molecule has 9 nitrogen and oxygen atoms in total. The van der Waals surface area contributed by atoms with Gasteiger partial charge in [0.2, 0.25) is 11.8 Å². The van der Waals surface area contributed by atoms with E-state index in [2.05, 4.69) is 31.7 Å². The minimum Gasteiger partial charge on any atom is -0.480 e. The molecule has 5 rings (SSSR count). The van der Waals surface area contributed by atoms with Crippen LogP contribution in [-0.4, -0.2) is 65.1 Å². The van der Waals surface area contributed by atoms with Gasteiger partial charge < -0.3 is 20.3 Å². The van der Waals surface area contributed by atoms with Gasteiger partial charge in [-0.15, -0.1) is 0 Å². The number of rotatable bonds is 5. The third kappa shape index (κ3) is 4.88. The maximum Gasteiger partial charge on any atom is 0.231 e. The third-order valence-electron chi connectivity index (χ3n) is 6.90. The largest absolute Gasteiger partial charge is 0.480 e. The van der Waals surface area contributed by atoms with E-state index in [1.165, 1.54) is 7.11 Å². The first kappa shape index (κ1) is 23.0. The smallest absolute Gasteiger partial charge is 0.231 e. The van der Waals surface area contributed by atoms with Gasteiger partial charge in [0.15, 0.2) is 0 Å². The molecule has 2 aliphatic rings. The summed E-state index contributed by atoms with van der Waals surface area (Å²) in [5.74, 6) is 1.48. The van der Waals surface area contributed by atoms with Crippen LogP contribution in [0.3, 0.4) is 0 Å². The second-order valence-corrected chi connectivity index (χ2v) is 9.14. The highest BCUT2D eigenvalue weighted by Gasteiger charge is 2.30. The van der Waals surface area contributed by atoms with Gasteiger partial charge in [-0.1, -0.05) is 6.07 Å². The number of aromatic nitrogens is 3. The fourth-order valence-electron chi connectivity index (χ4n) is 5.02. The van der Waals surface area contributed by atoms with Gasteiger partial charge in [0.05, 0.1) is 12.6 Å². The molecule has 0 unspecified atom stereocenters. The summed E-state index contributed by atoms with van der Waals surface area (Å²) in [6.45, 7) is 3.34. The summed E-state index contributed by atoms with van der Waals surface area (Å²) < 4.78 is 5.17. The lowest BCUT2D eigenvalue weighted by Gasteiger charge is -2.36. The van der Waals surface area contributed by atoms with Crippen LogP contribution in [0.4, 0.5) is 5.82 Å². The molecule has 0 saturated carbocycles. The maximum absolute atomic E-state index is 13.1. The van der Waals surface area contributed by atoms with Gasteiger partial charge in [-0.25, -0.2) is 15.0 Å². The van der Waals surface area contributed by atoms with Crippen LogP contribution in [0, 0.1) is 17.2 Å². The SMILES string of the molecule is COc1ncc(-c2ccc3ncnc(N[C@H]4CCCN(C(=O)C5CCNCC5)C4)c3c2)cc1C#N. The van der Waals surface area contributed by atoms with Gasteiger partial charge in [-0.3, -0.25) is 4.79 Å².